The highest BCUT2D eigenvalue weighted by Crippen LogP contribution is 2.43. The fraction of sp³-hybridized carbons (Fsp3) is 0.417. The molecule has 0 saturated heterocycles. The molecule has 1 rings (SSSR count). The summed E-state index contributed by atoms with van der Waals surface area (Å²) in [5, 5.41) is 9.79. The number of phenolic OH excluding ortho intramolecular Hbond substituents is 1. The number of hydrogen-bond donors (Lipinski definition) is 2. The molecule has 0 radical (unpaired) electrons. The maximum Gasteiger partial charge on any atom is 0.342 e. The van der Waals surface area contributed by atoms with Crippen molar-refractivity contribution < 1.29 is 23.8 Å². The number of alkyl halides is 1. The number of ether oxygens (including phenoxy) is 2. The van der Waals surface area contributed by atoms with Crippen LogP contribution in [-0.2, 0) is 9.53 Å². The topological polar surface area (TPSA) is 81.8 Å². The highest BCUT2D eigenvalue weighted by Gasteiger charge is 2.31. The van der Waals surface area contributed by atoms with Crippen molar-refractivity contribution in [1.29, 1.82) is 0 Å². The molecular formula is C12H14Br2FNO4. The van der Waals surface area contributed by atoms with Crippen molar-refractivity contribution in [3.8, 4) is 11.5 Å². The monoisotopic (exact) mass is 413 g/mol. The van der Waals surface area contributed by atoms with Crippen LogP contribution in [0.25, 0.3) is 0 Å². The van der Waals surface area contributed by atoms with Crippen LogP contribution in [0.3, 0.4) is 0 Å². The number of esters is 1. The predicted molar refractivity (Wildman–Crippen MR) is 78.5 cm³/mol. The molecule has 8 heteroatoms. The third-order valence-electron chi connectivity index (χ3n) is 2.58. The Balaban J connectivity index is 3.19. The molecule has 0 amide bonds. The number of carbonyl (C=O) groups excluding carboxylic acids is 1. The van der Waals surface area contributed by atoms with Crippen LogP contribution >= 0.6 is 31.9 Å². The molecule has 1 aromatic carbocycles. The zero-order valence-corrected chi connectivity index (χ0v) is 14.0. The van der Waals surface area contributed by atoms with Crippen molar-refractivity contribution in [3.63, 3.8) is 0 Å². The van der Waals surface area contributed by atoms with Gasteiger partial charge in [0.1, 0.15) is 0 Å². The molecule has 0 aliphatic rings. The highest BCUT2D eigenvalue weighted by atomic mass is 79.9. The molecule has 1 aromatic rings. The molecule has 0 fully saturated rings. The van der Waals surface area contributed by atoms with E-state index in [9.17, 15) is 14.3 Å². The Kier molecular flexibility index (Phi) is 6.22. The Labute approximate surface area is 132 Å². The minimum atomic E-state index is -2.02. The second-order valence-corrected chi connectivity index (χ2v) is 5.41. The molecule has 0 aromatic heterocycles. The lowest BCUT2D eigenvalue weighted by atomic mass is 10.0. The van der Waals surface area contributed by atoms with E-state index in [1.54, 1.807) is 6.92 Å². The molecule has 2 atom stereocenters. The molecule has 0 aliphatic heterocycles. The predicted octanol–water partition coefficient (Wildman–Crippen LogP) is 2.83. The first-order valence-electron chi connectivity index (χ1n) is 5.66. The van der Waals surface area contributed by atoms with Gasteiger partial charge in [-0.15, -0.1) is 0 Å². The molecule has 0 saturated carbocycles. The van der Waals surface area contributed by atoms with E-state index >= 15 is 0 Å². The van der Waals surface area contributed by atoms with E-state index in [0.29, 0.717) is 4.47 Å². The third-order valence-corrected chi connectivity index (χ3v) is 4.74. The largest absolute Gasteiger partial charge is 0.503 e. The Bertz CT molecular complexity index is 513. The minimum Gasteiger partial charge on any atom is -0.503 e. The van der Waals surface area contributed by atoms with Gasteiger partial charge in [0, 0.05) is 4.47 Å². The zero-order chi connectivity index (χ0) is 15.4. The Morgan fingerprint density at radius 1 is 1.50 bits per heavy atom. The second-order valence-electron chi connectivity index (χ2n) is 3.82. The van der Waals surface area contributed by atoms with Gasteiger partial charge in [0.2, 0.25) is 6.17 Å². The summed E-state index contributed by atoms with van der Waals surface area (Å²) in [4.78, 5) is 11.4. The summed E-state index contributed by atoms with van der Waals surface area (Å²) in [6, 6.07) is 0.106. The van der Waals surface area contributed by atoms with Gasteiger partial charge in [0.25, 0.3) is 0 Å². The SMILES string of the molecule is CCOC(=O)C(F)[C@H](N)c1cc(OC)c(O)c(Br)c1Br. The molecule has 20 heavy (non-hydrogen) atoms. The van der Waals surface area contributed by atoms with E-state index in [2.05, 4.69) is 36.6 Å². The summed E-state index contributed by atoms with van der Waals surface area (Å²) in [6.45, 7) is 1.64. The summed E-state index contributed by atoms with van der Waals surface area (Å²) < 4.78 is 24.1. The van der Waals surface area contributed by atoms with Gasteiger partial charge in [-0.3, -0.25) is 0 Å². The summed E-state index contributed by atoms with van der Waals surface area (Å²) >= 11 is 6.33. The summed E-state index contributed by atoms with van der Waals surface area (Å²) in [5.74, 6) is -1.07. The van der Waals surface area contributed by atoms with E-state index in [0.717, 1.165) is 0 Å². The van der Waals surface area contributed by atoms with Crippen molar-refractivity contribution in [2.75, 3.05) is 13.7 Å². The summed E-state index contributed by atoms with van der Waals surface area (Å²) in [6.07, 6.45) is -2.02. The average Bonchev–Trinajstić information content (AvgIpc) is 2.44. The Morgan fingerprint density at radius 2 is 2.10 bits per heavy atom. The summed E-state index contributed by atoms with van der Waals surface area (Å²) in [7, 11) is 1.35. The van der Waals surface area contributed by atoms with Crippen molar-refractivity contribution in [2.24, 2.45) is 5.73 Å². The van der Waals surface area contributed by atoms with Gasteiger partial charge in [-0.25, -0.2) is 9.18 Å². The van der Waals surface area contributed by atoms with Crippen molar-refractivity contribution in [2.45, 2.75) is 19.1 Å². The molecule has 112 valence electrons. The van der Waals surface area contributed by atoms with Crippen LogP contribution in [0.4, 0.5) is 4.39 Å². The number of methoxy groups -OCH3 is 1. The number of aromatic hydroxyl groups is 1. The van der Waals surface area contributed by atoms with Gasteiger partial charge >= 0.3 is 5.97 Å². The Hall–Kier alpha value is -0.860. The van der Waals surface area contributed by atoms with Crippen LogP contribution in [-0.4, -0.2) is 31.0 Å². The first-order valence-corrected chi connectivity index (χ1v) is 7.24. The molecular weight excluding hydrogens is 401 g/mol. The molecule has 0 bridgehead atoms. The molecule has 5 nitrogen and oxygen atoms in total. The number of phenols is 1. The number of benzene rings is 1. The standard InChI is InChI=1S/C12H14Br2FNO4/c1-3-20-12(18)9(15)10(16)5-4-6(19-2)11(17)8(14)7(5)13/h4,9-10,17H,3,16H2,1-2H3/t9?,10-/m1/s1. The Morgan fingerprint density at radius 3 is 2.60 bits per heavy atom. The zero-order valence-electron chi connectivity index (χ0n) is 10.8. The van der Waals surface area contributed by atoms with E-state index < -0.39 is 18.2 Å². The first kappa shape index (κ1) is 17.2. The quantitative estimate of drug-likeness (QED) is 0.724. The van der Waals surface area contributed by atoms with E-state index in [4.69, 9.17) is 10.5 Å². The van der Waals surface area contributed by atoms with Gasteiger partial charge in [0.05, 0.1) is 24.2 Å². The van der Waals surface area contributed by atoms with Crippen molar-refractivity contribution >= 4 is 37.8 Å². The van der Waals surface area contributed by atoms with Crippen LogP contribution in [0.1, 0.15) is 18.5 Å². The molecule has 0 spiro atoms. The number of hydrogen-bond acceptors (Lipinski definition) is 5. The van der Waals surface area contributed by atoms with Crippen LogP contribution in [0.15, 0.2) is 15.0 Å². The van der Waals surface area contributed by atoms with Gasteiger partial charge in [-0.1, -0.05) is 0 Å². The number of nitrogens with two attached hydrogens (primary N) is 1. The fourth-order valence-electron chi connectivity index (χ4n) is 1.54. The van der Waals surface area contributed by atoms with Gasteiger partial charge in [-0.05, 0) is 50.4 Å². The summed E-state index contributed by atoms with van der Waals surface area (Å²) in [5.41, 5.74) is 6.02. The van der Waals surface area contributed by atoms with Crippen LogP contribution < -0.4 is 10.5 Å². The normalized spacial score (nSPS) is 13.7. The lowest BCUT2D eigenvalue weighted by Crippen LogP contribution is -2.31. The van der Waals surface area contributed by atoms with Crippen LogP contribution in [0, 0.1) is 0 Å². The van der Waals surface area contributed by atoms with Crippen molar-refractivity contribution in [1.82, 2.24) is 0 Å². The third kappa shape index (κ3) is 3.42. The van der Waals surface area contributed by atoms with E-state index in [-0.39, 0.29) is 28.1 Å². The van der Waals surface area contributed by atoms with Crippen molar-refractivity contribution in [3.05, 3.63) is 20.6 Å². The lowest BCUT2D eigenvalue weighted by Gasteiger charge is -2.19. The number of halogens is 3. The minimum absolute atomic E-state index is 0.0652. The first-order chi connectivity index (χ1) is 9.34. The van der Waals surface area contributed by atoms with Gasteiger partial charge in [-0.2, -0.15) is 0 Å². The van der Waals surface area contributed by atoms with Crippen LogP contribution in [0.2, 0.25) is 0 Å². The molecule has 0 aliphatic carbocycles. The maximum atomic E-state index is 14.0. The van der Waals surface area contributed by atoms with Crippen LogP contribution in [0.5, 0.6) is 11.5 Å². The second kappa shape index (κ2) is 7.24. The van der Waals surface area contributed by atoms with Gasteiger partial charge in [0.15, 0.2) is 11.5 Å². The smallest absolute Gasteiger partial charge is 0.342 e. The van der Waals surface area contributed by atoms with Gasteiger partial charge < -0.3 is 20.3 Å². The fourth-order valence-corrected chi connectivity index (χ4v) is 2.53. The number of rotatable bonds is 5. The average molecular weight is 415 g/mol. The van der Waals surface area contributed by atoms with E-state index in [1.165, 1.54) is 13.2 Å². The molecule has 0 heterocycles. The lowest BCUT2D eigenvalue weighted by molar-refractivity contribution is -0.149. The molecule has 3 N–H and O–H groups in total. The van der Waals surface area contributed by atoms with E-state index in [1.807, 2.05) is 0 Å². The number of carbonyl (C=O) groups is 1. The maximum absolute atomic E-state index is 14.0. The highest BCUT2D eigenvalue weighted by molar-refractivity contribution is 9.13. The molecule has 1 unspecified atom stereocenters.